The van der Waals surface area contributed by atoms with E-state index in [4.69, 9.17) is 4.42 Å². The zero-order chi connectivity index (χ0) is 32.7. The summed E-state index contributed by atoms with van der Waals surface area (Å²) in [4.78, 5) is 2.40. The molecule has 0 saturated carbocycles. The highest BCUT2D eigenvalue weighted by molar-refractivity contribution is 6.19. The molecule has 2 nitrogen and oxygen atoms in total. The summed E-state index contributed by atoms with van der Waals surface area (Å²) in [6.07, 6.45) is 0. The van der Waals surface area contributed by atoms with Crippen LogP contribution in [-0.4, -0.2) is 0 Å². The monoisotopic (exact) mass is 627 g/mol. The Morgan fingerprint density at radius 1 is 0.429 bits per heavy atom. The molecular weight excluding hydrogens is 595 g/mol. The first-order chi connectivity index (χ1) is 24.0. The highest BCUT2D eigenvalue weighted by Crippen LogP contribution is 2.51. The minimum Gasteiger partial charge on any atom is -0.456 e. The van der Waals surface area contributed by atoms with E-state index in [-0.39, 0.29) is 5.41 Å². The predicted molar refractivity (Wildman–Crippen MR) is 206 cm³/mol. The molecule has 1 aliphatic carbocycles. The molecule has 232 valence electrons. The number of benzene rings is 8. The summed E-state index contributed by atoms with van der Waals surface area (Å²) in [6.45, 7) is 4.68. The molecule has 0 radical (unpaired) electrons. The molecule has 0 aliphatic heterocycles. The van der Waals surface area contributed by atoms with Crippen LogP contribution in [0, 0.1) is 0 Å². The Kier molecular flexibility index (Phi) is 5.95. The van der Waals surface area contributed by atoms with Gasteiger partial charge in [-0.3, -0.25) is 0 Å². The Morgan fingerprint density at radius 2 is 1.08 bits per heavy atom. The van der Waals surface area contributed by atoms with Crippen molar-refractivity contribution in [3.8, 4) is 22.3 Å². The lowest BCUT2D eigenvalue weighted by molar-refractivity contribution is 0.660. The summed E-state index contributed by atoms with van der Waals surface area (Å²) < 4.78 is 6.30. The van der Waals surface area contributed by atoms with Gasteiger partial charge in [-0.25, -0.2) is 0 Å². The summed E-state index contributed by atoms with van der Waals surface area (Å²) in [5.74, 6) is 0. The quantitative estimate of drug-likeness (QED) is 0.193. The van der Waals surface area contributed by atoms with Crippen molar-refractivity contribution in [1.82, 2.24) is 0 Å². The van der Waals surface area contributed by atoms with Gasteiger partial charge in [0.25, 0.3) is 0 Å². The van der Waals surface area contributed by atoms with Crippen LogP contribution in [0.15, 0.2) is 168 Å². The number of para-hydroxylation sites is 1. The average molecular weight is 628 g/mol. The molecule has 0 saturated heterocycles. The first-order valence-corrected chi connectivity index (χ1v) is 17.0. The normalized spacial score (nSPS) is 13.3. The number of anilines is 3. The molecule has 0 atom stereocenters. The third-order valence-corrected chi connectivity index (χ3v) is 10.6. The van der Waals surface area contributed by atoms with Crippen molar-refractivity contribution < 1.29 is 4.42 Å². The lowest BCUT2D eigenvalue weighted by Crippen LogP contribution is -2.15. The molecule has 1 aromatic heterocycles. The largest absolute Gasteiger partial charge is 0.456 e. The number of hydrogen-bond acceptors (Lipinski definition) is 2. The smallest absolute Gasteiger partial charge is 0.136 e. The molecule has 49 heavy (non-hydrogen) atoms. The van der Waals surface area contributed by atoms with Crippen molar-refractivity contribution in [1.29, 1.82) is 0 Å². The lowest BCUT2D eigenvalue weighted by atomic mass is 9.82. The van der Waals surface area contributed by atoms with Crippen molar-refractivity contribution in [3.05, 3.63) is 175 Å². The second-order valence-electron chi connectivity index (χ2n) is 13.8. The maximum Gasteiger partial charge on any atom is 0.136 e. The van der Waals surface area contributed by atoms with E-state index >= 15 is 0 Å². The van der Waals surface area contributed by atoms with Crippen molar-refractivity contribution in [2.45, 2.75) is 19.3 Å². The van der Waals surface area contributed by atoms with E-state index < -0.39 is 0 Å². The third-order valence-electron chi connectivity index (χ3n) is 10.6. The second kappa shape index (κ2) is 10.4. The van der Waals surface area contributed by atoms with Gasteiger partial charge in [0.05, 0.1) is 0 Å². The van der Waals surface area contributed by atoms with Crippen LogP contribution in [0.5, 0.6) is 0 Å². The number of furan rings is 1. The Labute approximate surface area is 285 Å². The Balaban J connectivity index is 1.17. The van der Waals surface area contributed by atoms with Crippen LogP contribution in [0.25, 0.3) is 65.7 Å². The molecule has 0 fully saturated rings. The summed E-state index contributed by atoms with van der Waals surface area (Å²) in [6, 6.07) is 59.6. The van der Waals surface area contributed by atoms with Crippen molar-refractivity contribution in [3.63, 3.8) is 0 Å². The fraction of sp³-hybridized carbons (Fsp3) is 0.0638. The molecule has 0 spiro atoms. The zero-order valence-electron chi connectivity index (χ0n) is 27.4. The fourth-order valence-electron chi connectivity index (χ4n) is 8.14. The molecule has 0 bridgehead atoms. The van der Waals surface area contributed by atoms with E-state index in [1.807, 2.05) is 6.07 Å². The molecule has 1 aliphatic rings. The van der Waals surface area contributed by atoms with E-state index in [0.717, 1.165) is 39.0 Å². The van der Waals surface area contributed by atoms with E-state index in [1.54, 1.807) is 0 Å². The number of hydrogen-bond donors (Lipinski definition) is 0. The van der Waals surface area contributed by atoms with Crippen molar-refractivity contribution >= 4 is 60.5 Å². The minimum atomic E-state index is -0.0479. The van der Waals surface area contributed by atoms with Gasteiger partial charge >= 0.3 is 0 Å². The highest BCUT2D eigenvalue weighted by atomic mass is 16.3. The topological polar surface area (TPSA) is 16.4 Å². The van der Waals surface area contributed by atoms with Crippen LogP contribution in [-0.2, 0) is 5.41 Å². The van der Waals surface area contributed by atoms with Gasteiger partial charge in [-0.15, -0.1) is 0 Å². The van der Waals surface area contributed by atoms with Crippen LogP contribution in [0.2, 0.25) is 0 Å². The van der Waals surface area contributed by atoms with Gasteiger partial charge < -0.3 is 9.32 Å². The fourth-order valence-corrected chi connectivity index (χ4v) is 8.14. The highest BCUT2D eigenvalue weighted by Gasteiger charge is 2.35. The predicted octanol–water partition coefficient (Wildman–Crippen LogP) is 13.3. The second-order valence-corrected chi connectivity index (χ2v) is 13.8. The summed E-state index contributed by atoms with van der Waals surface area (Å²) >= 11 is 0. The van der Waals surface area contributed by atoms with Crippen LogP contribution in [0.1, 0.15) is 25.0 Å². The molecule has 0 amide bonds. The summed E-state index contributed by atoms with van der Waals surface area (Å²) in [5, 5.41) is 7.19. The molecule has 10 rings (SSSR count). The SMILES string of the molecule is CC1(C)c2ccccc2-c2cc(N(c3ccc(-c4ccc5ccccc5c4)cc3)c3ccc4ccc5oc6ccccc6c5c4c3)ccc21. The maximum absolute atomic E-state index is 6.30. The summed E-state index contributed by atoms with van der Waals surface area (Å²) in [7, 11) is 0. The zero-order valence-corrected chi connectivity index (χ0v) is 27.4. The van der Waals surface area contributed by atoms with Gasteiger partial charge in [0.15, 0.2) is 0 Å². The Morgan fingerprint density at radius 3 is 1.98 bits per heavy atom. The van der Waals surface area contributed by atoms with E-state index in [9.17, 15) is 0 Å². The third kappa shape index (κ3) is 4.27. The number of nitrogens with zero attached hydrogens (tertiary/aromatic N) is 1. The minimum absolute atomic E-state index is 0.0479. The molecule has 8 aromatic carbocycles. The van der Waals surface area contributed by atoms with Crippen LogP contribution < -0.4 is 4.90 Å². The summed E-state index contributed by atoms with van der Waals surface area (Å²) in [5.41, 5.74) is 12.9. The first-order valence-electron chi connectivity index (χ1n) is 17.0. The van der Waals surface area contributed by atoms with Crippen LogP contribution >= 0.6 is 0 Å². The number of rotatable bonds is 4. The Bertz CT molecular complexity index is 2750. The van der Waals surface area contributed by atoms with Gasteiger partial charge in [-0.2, -0.15) is 0 Å². The molecule has 0 N–H and O–H groups in total. The standard InChI is InChI=1S/C47H33NO/c1-47(2)42-13-7-5-11-38(42)41-29-37(24-25-43(41)47)48(35-21-17-31(18-22-35)34-16-15-30-9-3-4-10-33(30)27-34)36-23-19-32-20-26-45-46(40(32)28-36)39-12-6-8-14-44(39)49-45/h3-29H,1-2H3. The van der Waals surface area contributed by atoms with Crippen LogP contribution in [0.4, 0.5) is 17.1 Å². The first kappa shape index (κ1) is 27.9. The number of fused-ring (bicyclic) bond motifs is 9. The molecule has 2 heteroatoms. The van der Waals surface area contributed by atoms with Gasteiger partial charge in [-0.05, 0) is 110 Å². The molecular formula is C47H33NO. The Hall–Kier alpha value is -6.12. The average Bonchev–Trinajstić information content (AvgIpc) is 3.64. The molecule has 0 unspecified atom stereocenters. The van der Waals surface area contributed by atoms with Gasteiger partial charge in [0.2, 0.25) is 0 Å². The van der Waals surface area contributed by atoms with Gasteiger partial charge in [0, 0.05) is 33.2 Å². The molecule has 9 aromatic rings. The van der Waals surface area contributed by atoms with E-state index in [2.05, 4.69) is 176 Å². The van der Waals surface area contributed by atoms with Crippen molar-refractivity contribution in [2.24, 2.45) is 0 Å². The van der Waals surface area contributed by atoms with E-state index in [0.29, 0.717) is 0 Å². The van der Waals surface area contributed by atoms with Crippen LogP contribution in [0.3, 0.4) is 0 Å². The molecule has 1 heterocycles. The lowest BCUT2D eigenvalue weighted by Gasteiger charge is -2.27. The van der Waals surface area contributed by atoms with E-state index in [1.165, 1.54) is 54.9 Å². The van der Waals surface area contributed by atoms with Crippen molar-refractivity contribution in [2.75, 3.05) is 4.90 Å². The van der Waals surface area contributed by atoms with Gasteiger partial charge in [-0.1, -0.05) is 123 Å². The maximum atomic E-state index is 6.30. The van der Waals surface area contributed by atoms with Gasteiger partial charge in [0.1, 0.15) is 11.2 Å².